The van der Waals surface area contributed by atoms with Gasteiger partial charge in [0.2, 0.25) is 5.91 Å². The van der Waals surface area contributed by atoms with Crippen LogP contribution >= 0.6 is 0 Å². The van der Waals surface area contributed by atoms with E-state index in [0.717, 1.165) is 12.1 Å². The van der Waals surface area contributed by atoms with Crippen LogP contribution in [0.3, 0.4) is 0 Å². The average Bonchev–Trinajstić information content (AvgIpc) is 3.29. The summed E-state index contributed by atoms with van der Waals surface area (Å²) >= 11 is 0. The lowest BCUT2D eigenvalue weighted by molar-refractivity contribution is -0.274. The second-order valence-electron chi connectivity index (χ2n) is 7.24. The third-order valence-electron chi connectivity index (χ3n) is 4.56. The van der Waals surface area contributed by atoms with Gasteiger partial charge < -0.3 is 15.4 Å². The van der Waals surface area contributed by atoms with E-state index in [1.807, 2.05) is 0 Å². The van der Waals surface area contributed by atoms with Crippen LogP contribution in [-0.4, -0.2) is 38.2 Å². The van der Waals surface area contributed by atoms with Gasteiger partial charge in [-0.3, -0.25) is 9.59 Å². The maximum Gasteiger partial charge on any atom is 0.573 e. The predicted molar refractivity (Wildman–Crippen MR) is 120 cm³/mol. The molecule has 2 aromatic heterocycles. The van der Waals surface area contributed by atoms with Crippen LogP contribution in [0.25, 0.3) is 16.9 Å². The van der Waals surface area contributed by atoms with Gasteiger partial charge in [-0.25, -0.2) is 9.67 Å². The molecule has 0 bridgehead atoms. The van der Waals surface area contributed by atoms with Gasteiger partial charge in [-0.15, -0.1) is 18.3 Å². The lowest BCUT2D eigenvalue weighted by Gasteiger charge is -2.11. The zero-order valence-electron chi connectivity index (χ0n) is 18.1. The first kappa shape index (κ1) is 23.4. The number of rotatable bonds is 6. The molecule has 4 rings (SSSR count). The van der Waals surface area contributed by atoms with Crippen LogP contribution in [0.1, 0.15) is 17.3 Å². The zero-order valence-corrected chi connectivity index (χ0v) is 18.1. The SMILES string of the molecule is CC(=O)Nc1ccc(-c2cn(-c3cccc(C(=O)Nc4cccc(OC(F)(F)F)c4)c3)nn2)cn1. The van der Waals surface area contributed by atoms with Gasteiger partial charge in [0.1, 0.15) is 17.3 Å². The highest BCUT2D eigenvalue weighted by Gasteiger charge is 2.31. The number of carbonyl (C=O) groups is 2. The normalized spacial score (nSPS) is 11.1. The molecule has 4 aromatic rings. The molecule has 0 aliphatic heterocycles. The summed E-state index contributed by atoms with van der Waals surface area (Å²) in [6.45, 7) is 1.38. The Hall–Kier alpha value is -4.74. The van der Waals surface area contributed by atoms with Gasteiger partial charge in [0.25, 0.3) is 5.91 Å². The summed E-state index contributed by atoms with van der Waals surface area (Å²) in [4.78, 5) is 27.9. The number of anilines is 2. The molecule has 0 atom stereocenters. The number of alkyl halides is 3. The van der Waals surface area contributed by atoms with E-state index in [-0.39, 0.29) is 17.2 Å². The number of aromatic nitrogens is 4. The minimum atomic E-state index is -4.84. The first-order chi connectivity index (χ1) is 16.7. The second kappa shape index (κ2) is 9.63. The van der Waals surface area contributed by atoms with Crippen LogP contribution in [0, 0.1) is 0 Å². The van der Waals surface area contributed by atoms with Gasteiger partial charge in [-0.1, -0.05) is 17.3 Å². The summed E-state index contributed by atoms with van der Waals surface area (Å²) < 4.78 is 42.7. The number of carbonyl (C=O) groups excluding carboxylic acids is 2. The van der Waals surface area contributed by atoms with Crippen LogP contribution in [0.2, 0.25) is 0 Å². The van der Waals surface area contributed by atoms with Gasteiger partial charge in [-0.05, 0) is 42.5 Å². The van der Waals surface area contributed by atoms with Crippen molar-refractivity contribution in [3.05, 3.63) is 78.6 Å². The third kappa shape index (κ3) is 6.19. The van der Waals surface area contributed by atoms with Crippen molar-refractivity contribution in [2.24, 2.45) is 0 Å². The molecule has 35 heavy (non-hydrogen) atoms. The number of hydrogen-bond acceptors (Lipinski definition) is 6. The third-order valence-corrected chi connectivity index (χ3v) is 4.56. The van der Waals surface area contributed by atoms with Gasteiger partial charge in [0.05, 0.1) is 11.9 Å². The zero-order chi connectivity index (χ0) is 25.0. The average molecular weight is 482 g/mol. The fraction of sp³-hybridized carbons (Fsp3) is 0.0870. The minimum absolute atomic E-state index is 0.139. The molecule has 178 valence electrons. The molecular weight excluding hydrogens is 465 g/mol. The molecule has 9 nitrogen and oxygen atoms in total. The highest BCUT2D eigenvalue weighted by molar-refractivity contribution is 6.04. The van der Waals surface area contributed by atoms with E-state index in [2.05, 4.69) is 30.7 Å². The van der Waals surface area contributed by atoms with Crippen LogP contribution in [-0.2, 0) is 4.79 Å². The Morgan fingerprint density at radius 1 is 1.00 bits per heavy atom. The van der Waals surface area contributed by atoms with Crippen molar-refractivity contribution in [3.8, 4) is 22.7 Å². The molecule has 2 amide bonds. The predicted octanol–water partition coefficient (Wildman–Crippen LogP) is 4.44. The van der Waals surface area contributed by atoms with Crippen LogP contribution in [0.5, 0.6) is 5.75 Å². The number of hydrogen-bond donors (Lipinski definition) is 2. The molecule has 0 spiro atoms. The number of ether oxygens (including phenoxy) is 1. The summed E-state index contributed by atoms with van der Waals surface area (Å²) in [7, 11) is 0. The van der Waals surface area contributed by atoms with Crippen molar-refractivity contribution in [1.29, 1.82) is 0 Å². The van der Waals surface area contributed by atoms with Gasteiger partial charge in [0.15, 0.2) is 0 Å². The molecule has 2 N–H and O–H groups in total. The number of nitrogens with zero attached hydrogens (tertiary/aromatic N) is 4. The Kier molecular flexibility index (Phi) is 6.44. The molecular formula is C23H17F3N6O3. The molecule has 12 heteroatoms. The fourth-order valence-electron chi connectivity index (χ4n) is 3.09. The van der Waals surface area contributed by atoms with E-state index >= 15 is 0 Å². The van der Waals surface area contributed by atoms with Crippen molar-refractivity contribution < 1.29 is 27.5 Å². The molecule has 2 aromatic carbocycles. The minimum Gasteiger partial charge on any atom is -0.406 e. The van der Waals surface area contributed by atoms with Crippen LogP contribution < -0.4 is 15.4 Å². The van der Waals surface area contributed by atoms with Crippen molar-refractivity contribution in [2.75, 3.05) is 10.6 Å². The molecule has 0 aliphatic rings. The van der Waals surface area contributed by atoms with E-state index in [9.17, 15) is 22.8 Å². The Morgan fingerprint density at radius 2 is 1.80 bits per heavy atom. The number of benzene rings is 2. The van der Waals surface area contributed by atoms with Gasteiger partial charge >= 0.3 is 6.36 Å². The lowest BCUT2D eigenvalue weighted by atomic mass is 10.1. The van der Waals surface area contributed by atoms with E-state index in [1.165, 1.54) is 23.7 Å². The summed E-state index contributed by atoms with van der Waals surface area (Å²) in [5, 5.41) is 13.3. The van der Waals surface area contributed by atoms with Crippen LogP contribution in [0.4, 0.5) is 24.7 Å². The van der Waals surface area contributed by atoms with Crippen molar-refractivity contribution in [3.63, 3.8) is 0 Å². The molecule has 0 saturated carbocycles. The molecule has 0 unspecified atom stereocenters. The van der Waals surface area contributed by atoms with Crippen molar-refractivity contribution in [1.82, 2.24) is 20.0 Å². The molecule has 0 fully saturated rings. The quantitative estimate of drug-likeness (QED) is 0.420. The Balaban J connectivity index is 1.49. The Bertz CT molecular complexity index is 1370. The van der Waals surface area contributed by atoms with Gasteiger partial charge in [0, 0.05) is 36.0 Å². The maximum absolute atomic E-state index is 12.7. The Labute approximate surface area is 196 Å². The van der Waals surface area contributed by atoms with Gasteiger partial charge in [-0.2, -0.15) is 0 Å². The topological polar surface area (TPSA) is 111 Å². The first-order valence-electron chi connectivity index (χ1n) is 10.1. The number of halogens is 3. The highest BCUT2D eigenvalue weighted by Crippen LogP contribution is 2.25. The number of amides is 2. The molecule has 2 heterocycles. The first-order valence-corrected chi connectivity index (χ1v) is 10.1. The van der Waals surface area contributed by atoms with Crippen LogP contribution in [0.15, 0.2) is 73.1 Å². The van der Waals surface area contributed by atoms with E-state index < -0.39 is 18.0 Å². The largest absolute Gasteiger partial charge is 0.573 e. The molecule has 0 radical (unpaired) electrons. The smallest absolute Gasteiger partial charge is 0.406 e. The van der Waals surface area contributed by atoms with Crippen molar-refractivity contribution >= 4 is 23.3 Å². The standard InChI is InChI=1S/C23H17F3N6O3/c1-14(33)28-21-9-8-16(12-27-21)20-13-32(31-30-20)18-6-2-4-15(10-18)22(34)29-17-5-3-7-19(11-17)35-23(24,25)26/h2-13H,1H3,(H,29,34)(H,27,28,33). The monoisotopic (exact) mass is 482 g/mol. The molecule has 0 saturated heterocycles. The summed E-state index contributed by atoms with van der Waals surface area (Å²) in [5.74, 6) is -0.807. The summed E-state index contributed by atoms with van der Waals surface area (Å²) in [5.41, 5.74) is 2.11. The second-order valence-corrected chi connectivity index (χ2v) is 7.24. The van der Waals surface area contributed by atoms with Crippen molar-refractivity contribution in [2.45, 2.75) is 13.3 Å². The number of nitrogens with one attached hydrogen (secondary N) is 2. The highest BCUT2D eigenvalue weighted by atomic mass is 19.4. The van der Waals surface area contributed by atoms with E-state index in [1.54, 1.807) is 48.8 Å². The summed E-state index contributed by atoms with van der Waals surface area (Å²) in [6.07, 6.45) is -1.65. The van der Waals surface area contributed by atoms with E-state index in [4.69, 9.17) is 0 Å². The van der Waals surface area contributed by atoms with E-state index in [0.29, 0.717) is 22.8 Å². The molecule has 0 aliphatic carbocycles. The Morgan fingerprint density at radius 3 is 2.51 bits per heavy atom. The number of pyridine rings is 1. The summed E-state index contributed by atoms with van der Waals surface area (Å²) in [6, 6.07) is 14.8. The fourth-order valence-corrected chi connectivity index (χ4v) is 3.09. The lowest BCUT2D eigenvalue weighted by Crippen LogP contribution is -2.17. The maximum atomic E-state index is 12.7.